The molecule has 0 bridgehead atoms. The second-order valence-corrected chi connectivity index (χ2v) is 5.74. The fourth-order valence-electron chi connectivity index (χ4n) is 3.07. The zero-order chi connectivity index (χ0) is 15.2. The minimum Gasteiger partial charge on any atom is -0.352 e. The van der Waals surface area contributed by atoms with Gasteiger partial charge in [0.1, 0.15) is 0 Å². The quantitative estimate of drug-likeness (QED) is 0.606. The molecule has 1 aliphatic carbocycles. The zero-order valence-electron chi connectivity index (χ0n) is 12.4. The minimum absolute atomic E-state index is 0.0826. The number of alkyl halides is 2. The summed E-state index contributed by atoms with van der Waals surface area (Å²) in [5.41, 5.74) is 0. The highest BCUT2D eigenvalue weighted by molar-refractivity contribution is 5.81. The van der Waals surface area contributed by atoms with Gasteiger partial charge >= 0.3 is 0 Å². The summed E-state index contributed by atoms with van der Waals surface area (Å²) in [6, 6.07) is 0.0826. The molecule has 21 heavy (non-hydrogen) atoms. The molecule has 0 aromatic heterocycles. The molecule has 2 aliphatic rings. The van der Waals surface area contributed by atoms with Crippen molar-refractivity contribution in [3.8, 4) is 0 Å². The van der Waals surface area contributed by atoms with Crippen LogP contribution < -0.4 is 10.6 Å². The Kier molecular flexibility index (Phi) is 5.76. The fraction of sp³-hybridized carbons (Fsp3) is 0.857. The second-order valence-electron chi connectivity index (χ2n) is 5.74. The second kappa shape index (κ2) is 7.56. The minimum atomic E-state index is -2.41. The maximum atomic E-state index is 12.3. The molecule has 2 rings (SSSR count). The van der Waals surface area contributed by atoms with Crippen LogP contribution in [0.1, 0.15) is 32.1 Å². The molecule has 0 spiro atoms. The van der Waals surface area contributed by atoms with E-state index in [1.807, 2.05) is 4.90 Å². The first-order valence-electron chi connectivity index (χ1n) is 7.64. The summed E-state index contributed by atoms with van der Waals surface area (Å²) < 4.78 is 24.4. The van der Waals surface area contributed by atoms with Crippen LogP contribution in [0.4, 0.5) is 8.78 Å². The van der Waals surface area contributed by atoms with Crippen molar-refractivity contribution < 1.29 is 13.6 Å². The molecular weight excluding hydrogens is 278 g/mol. The average Bonchev–Trinajstić information content (AvgIpc) is 3.13. The van der Waals surface area contributed by atoms with Gasteiger partial charge in [0.25, 0.3) is 6.43 Å². The molecule has 120 valence electrons. The highest BCUT2D eigenvalue weighted by Gasteiger charge is 2.32. The van der Waals surface area contributed by atoms with Crippen molar-refractivity contribution in [1.29, 1.82) is 0 Å². The van der Waals surface area contributed by atoms with Crippen molar-refractivity contribution in [3.05, 3.63) is 0 Å². The molecule has 2 fully saturated rings. The Morgan fingerprint density at radius 3 is 2.67 bits per heavy atom. The van der Waals surface area contributed by atoms with Gasteiger partial charge < -0.3 is 15.5 Å². The smallest absolute Gasteiger partial charge is 0.255 e. The molecule has 1 saturated carbocycles. The van der Waals surface area contributed by atoms with Gasteiger partial charge in [-0.1, -0.05) is 12.8 Å². The first-order chi connectivity index (χ1) is 10.1. The number of nitrogens with one attached hydrogen (secondary N) is 2. The largest absolute Gasteiger partial charge is 0.352 e. The Hall–Kier alpha value is -1.40. The van der Waals surface area contributed by atoms with E-state index in [0.717, 1.165) is 38.6 Å². The van der Waals surface area contributed by atoms with E-state index in [-0.39, 0.29) is 17.9 Å². The molecule has 0 aromatic carbocycles. The number of aliphatic imine (C=N–C) groups is 1. The van der Waals surface area contributed by atoms with Crippen LogP contribution in [0.3, 0.4) is 0 Å². The molecule has 1 heterocycles. The molecular formula is C14H24F2N4O. The number of amides is 1. The molecule has 1 saturated heterocycles. The molecule has 0 aromatic rings. The Balaban J connectivity index is 1.77. The number of rotatable bonds is 4. The Labute approximate surface area is 124 Å². The van der Waals surface area contributed by atoms with Crippen molar-refractivity contribution in [1.82, 2.24) is 15.5 Å². The van der Waals surface area contributed by atoms with Gasteiger partial charge in [-0.3, -0.25) is 9.79 Å². The van der Waals surface area contributed by atoms with E-state index in [4.69, 9.17) is 0 Å². The summed E-state index contributed by atoms with van der Waals surface area (Å²) in [6.45, 7) is 0.945. The van der Waals surface area contributed by atoms with E-state index < -0.39 is 13.0 Å². The first-order valence-corrected chi connectivity index (χ1v) is 7.64. The van der Waals surface area contributed by atoms with Crippen LogP contribution >= 0.6 is 0 Å². The van der Waals surface area contributed by atoms with Crippen molar-refractivity contribution in [2.45, 2.75) is 44.6 Å². The number of likely N-dealkylation sites (tertiary alicyclic amines) is 1. The van der Waals surface area contributed by atoms with Crippen LogP contribution in [0, 0.1) is 5.92 Å². The van der Waals surface area contributed by atoms with E-state index in [9.17, 15) is 13.6 Å². The average molecular weight is 302 g/mol. The number of halogens is 2. The van der Waals surface area contributed by atoms with E-state index in [1.165, 1.54) is 0 Å². The summed E-state index contributed by atoms with van der Waals surface area (Å²) in [6.07, 6.45) is 2.73. The van der Waals surface area contributed by atoms with E-state index in [2.05, 4.69) is 15.6 Å². The lowest BCUT2D eigenvalue weighted by Crippen LogP contribution is -2.46. The SMILES string of the molecule is CN=C(NCC(F)F)NC1CCN(C(=O)C2CCCC2)C1. The normalized spacial score (nSPS) is 23.9. The molecule has 1 aliphatic heterocycles. The number of carbonyl (C=O) groups is 1. The van der Waals surface area contributed by atoms with Crippen LogP contribution in [0.15, 0.2) is 4.99 Å². The van der Waals surface area contributed by atoms with E-state index >= 15 is 0 Å². The lowest BCUT2D eigenvalue weighted by Gasteiger charge is -2.21. The maximum Gasteiger partial charge on any atom is 0.255 e. The summed E-state index contributed by atoms with van der Waals surface area (Å²) in [5, 5.41) is 5.69. The fourth-order valence-corrected chi connectivity index (χ4v) is 3.07. The van der Waals surface area contributed by atoms with Crippen LogP contribution in [0.2, 0.25) is 0 Å². The van der Waals surface area contributed by atoms with Gasteiger partial charge in [0, 0.05) is 32.1 Å². The summed E-state index contributed by atoms with van der Waals surface area (Å²) >= 11 is 0. The zero-order valence-corrected chi connectivity index (χ0v) is 12.4. The molecule has 0 radical (unpaired) electrons. The number of nitrogens with zero attached hydrogens (tertiary/aromatic N) is 2. The number of hydrogen-bond acceptors (Lipinski definition) is 2. The van der Waals surface area contributed by atoms with Crippen LogP contribution in [-0.4, -0.2) is 55.9 Å². The number of guanidine groups is 1. The molecule has 7 heteroatoms. The van der Waals surface area contributed by atoms with E-state index in [0.29, 0.717) is 12.5 Å². The predicted molar refractivity (Wildman–Crippen MR) is 77.4 cm³/mol. The third-order valence-electron chi connectivity index (χ3n) is 4.19. The molecule has 1 amide bonds. The Morgan fingerprint density at radius 2 is 2.05 bits per heavy atom. The topological polar surface area (TPSA) is 56.7 Å². The molecule has 5 nitrogen and oxygen atoms in total. The monoisotopic (exact) mass is 302 g/mol. The van der Waals surface area contributed by atoms with Gasteiger partial charge in [-0.2, -0.15) is 0 Å². The third kappa shape index (κ3) is 4.54. The summed E-state index contributed by atoms with van der Waals surface area (Å²) in [4.78, 5) is 18.1. The molecule has 2 N–H and O–H groups in total. The van der Waals surface area contributed by atoms with Crippen molar-refractivity contribution in [2.75, 3.05) is 26.7 Å². The van der Waals surface area contributed by atoms with Crippen LogP contribution in [0.25, 0.3) is 0 Å². The third-order valence-corrected chi connectivity index (χ3v) is 4.19. The number of carbonyl (C=O) groups excluding carboxylic acids is 1. The van der Waals surface area contributed by atoms with Crippen molar-refractivity contribution in [3.63, 3.8) is 0 Å². The van der Waals surface area contributed by atoms with Gasteiger partial charge in [-0.05, 0) is 19.3 Å². The summed E-state index contributed by atoms with van der Waals surface area (Å²) in [7, 11) is 1.55. The molecule has 1 atom stereocenters. The highest BCUT2D eigenvalue weighted by atomic mass is 19.3. The van der Waals surface area contributed by atoms with Crippen LogP contribution in [-0.2, 0) is 4.79 Å². The molecule has 1 unspecified atom stereocenters. The lowest BCUT2D eigenvalue weighted by atomic mass is 10.1. The summed E-state index contributed by atoms with van der Waals surface area (Å²) in [5.74, 6) is 0.822. The Morgan fingerprint density at radius 1 is 1.33 bits per heavy atom. The van der Waals surface area contributed by atoms with Gasteiger partial charge in [0.05, 0.1) is 6.54 Å². The maximum absolute atomic E-state index is 12.3. The first kappa shape index (κ1) is 16.0. The van der Waals surface area contributed by atoms with E-state index in [1.54, 1.807) is 7.05 Å². The Bertz CT molecular complexity index is 383. The van der Waals surface area contributed by atoms with Crippen molar-refractivity contribution in [2.24, 2.45) is 10.9 Å². The van der Waals surface area contributed by atoms with Gasteiger partial charge in [-0.25, -0.2) is 8.78 Å². The van der Waals surface area contributed by atoms with Crippen molar-refractivity contribution >= 4 is 11.9 Å². The standard InChI is InChI=1S/C14H24F2N4O/c1-17-14(18-8-12(15)16)19-11-6-7-20(9-11)13(21)10-4-2-3-5-10/h10-12H,2-9H2,1H3,(H2,17,18,19). The highest BCUT2D eigenvalue weighted by Crippen LogP contribution is 2.27. The number of hydrogen-bond donors (Lipinski definition) is 2. The predicted octanol–water partition coefficient (Wildman–Crippen LogP) is 1.21. The van der Waals surface area contributed by atoms with Gasteiger partial charge in [0.2, 0.25) is 5.91 Å². The van der Waals surface area contributed by atoms with Gasteiger partial charge in [0.15, 0.2) is 5.96 Å². The van der Waals surface area contributed by atoms with Crippen LogP contribution in [0.5, 0.6) is 0 Å². The van der Waals surface area contributed by atoms with Gasteiger partial charge in [-0.15, -0.1) is 0 Å². The lowest BCUT2D eigenvalue weighted by molar-refractivity contribution is -0.134.